The molecule has 0 aliphatic rings. The summed E-state index contributed by atoms with van der Waals surface area (Å²) in [7, 11) is -4.08. The van der Waals surface area contributed by atoms with Crippen LogP contribution in [-0.2, 0) is 9.36 Å². The van der Waals surface area contributed by atoms with Crippen LogP contribution in [0.15, 0.2) is 42.5 Å². The quantitative estimate of drug-likeness (QED) is 0.607. The number of hydrogen-bond donors (Lipinski definition) is 2. The van der Waals surface area contributed by atoms with Gasteiger partial charge in [-0.15, -0.1) is 0 Å². The van der Waals surface area contributed by atoms with Crippen molar-refractivity contribution in [2.45, 2.75) is 13.0 Å². The van der Waals surface area contributed by atoms with Gasteiger partial charge in [-0.05, 0) is 24.6 Å². The van der Waals surface area contributed by atoms with E-state index in [9.17, 15) is 19.4 Å². The van der Waals surface area contributed by atoms with Crippen molar-refractivity contribution in [3.63, 3.8) is 0 Å². The van der Waals surface area contributed by atoms with Gasteiger partial charge in [-0.3, -0.25) is 4.79 Å². The number of benzene rings is 1. The molecular formula is C12H15O5P. The Balaban J connectivity index is 2.68. The maximum absolute atomic E-state index is 11.7. The standard InChI is InChI=1S/C12H15O5P/c1-9(2)12(14)11(13)8-18(15,16)17-10-6-4-3-5-7-10/h3-7,11,13H,1,8H2,2H3,(H,15,16). The van der Waals surface area contributed by atoms with Crippen LogP contribution in [0.3, 0.4) is 0 Å². The van der Waals surface area contributed by atoms with E-state index in [2.05, 4.69) is 6.58 Å². The van der Waals surface area contributed by atoms with Crippen LogP contribution in [0.25, 0.3) is 0 Å². The lowest BCUT2D eigenvalue weighted by Crippen LogP contribution is -2.25. The van der Waals surface area contributed by atoms with Gasteiger partial charge in [0.25, 0.3) is 0 Å². The first-order valence-electron chi connectivity index (χ1n) is 5.26. The number of aliphatic hydroxyl groups is 1. The van der Waals surface area contributed by atoms with Crippen LogP contribution in [0.2, 0.25) is 0 Å². The summed E-state index contributed by atoms with van der Waals surface area (Å²) in [4.78, 5) is 20.9. The molecule has 0 bridgehead atoms. The Morgan fingerprint density at radius 1 is 1.44 bits per heavy atom. The van der Waals surface area contributed by atoms with Crippen molar-refractivity contribution in [2.24, 2.45) is 0 Å². The highest BCUT2D eigenvalue weighted by Crippen LogP contribution is 2.43. The SMILES string of the molecule is C=C(C)C(=O)C(O)CP(=O)(O)Oc1ccccc1. The highest BCUT2D eigenvalue weighted by Gasteiger charge is 2.29. The number of para-hydroxylation sites is 1. The smallest absolute Gasteiger partial charge is 0.379 e. The minimum atomic E-state index is -4.08. The molecule has 0 aliphatic heterocycles. The van der Waals surface area contributed by atoms with Gasteiger partial charge < -0.3 is 14.5 Å². The van der Waals surface area contributed by atoms with E-state index < -0.39 is 25.6 Å². The van der Waals surface area contributed by atoms with E-state index in [-0.39, 0.29) is 11.3 Å². The molecule has 2 N–H and O–H groups in total. The molecule has 0 amide bonds. The van der Waals surface area contributed by atoms with E-state index in [4.69, 9.17) is 4.52 Å². The molecule has 6 heteroatoms. The van der Waals surface area contributed by atoms with Gasteiger partial charge in [-0.2, -0.15) is 0 Å². The van der Waals surface area contributed by atoms with Crippen LogP contribution in [0.5, 0.6) is 5.75 Å². The van der Waals surface area contributed by atoms with Crippen molar-refractivity contribution in [3.8, 4) is 5.75 Å². The summed E-state index contributed by atoms with van der Waals surface area (Å²) < 4.78 is 16.6. The normalized spacial score (nSPS) is 15.5. The average molecular weight is 270 g/mol. The molecule has 0 spiro atoms. The lowest BCUT2D eigenvalue weighted by atomic mass is 10.1. The molecule has 1 rings (SSSR count). The van der Waals surface area contributed by atoms with E-state index in [0.29, 0.717) is 0 Å². The predicted molar refractivity (Wildman–Crippen MR) is 67.6 cm³/mol. The Kier molecular flexibility index (Phi) is 4.84. The summed E-state index contributed by atoms with van der Waals surface area (Å²) in [6.45, 7) is 4.79. The van der Waals surface area contributed by atoms with Crippen molar-refractivity contribution in [1.29, 1.82) is 0 Å². The highest BCUT2D eigenvalue weighted by molar-refractivity contribution is 7.53. The zero-order valence-corrected chi connectivity index (χ0v) is 10.8. The first-order chi connectivity index (χ1) is 8.32. The van der Waals surface area contributed by atoms with E-state index in [1.54, 1.807) is 18.2 Å². The topological polar surface area (TPSA) is 83.8 Å². The third kappa shape index (κ3) is 4.45. The highest BCUT2D eigenvalue weighted by atomic mass is 31.2. The van der Waals surface area contributed by atoms with Crippen molar-refractivity contribution in [2.75, 3.05) is 6.16 Å². The molecular weight excluding hydrogens is 255 g/mol. The molecule has 2 unspecified atom stereocenters. The molecule has 0 saturated heterocycles. The molecule has 5 nitrogen and oxygen atoms in total. The number of ketones is 1. The van der Waals surface area contributed by atoms with E-state index in [0.717, 1.165) is 0 Å². The summed E-state index contributed by atoms with van der Waals surface area (Å²) in [5, 5.41) is 9.48. The van der Waals surface area contributed by atoms with Gasteiger partial charge in [-0.1, -0.05) is 24.8 Å². The Bertz CT molecular complexity index is 483. The predicted octanol–water partition coefficient (Wildman–Crippen LogP) is 1.76. The molecule has 1 aromatic rings. The van der Waals surface area contributed by atoms with E-state index in [1.165, 1.54) is 19.1 Å². The molecule has 0 aliphatic carbocycles. The molecule has 0 heterocycles. The second-order valence-corrected chi connectivity index (χ2v) is 5.71. The third-order valence-corrected chi connectivity index (χ3v) is 3.42. The summed E-state index contributed by atoms with van der Waals surface area (Å²) in [6.07, 6.45) is -2.24. The van der Waals surface area contributed by atoms with Crippen LogP contribution in [0.1, 0.15) is 6.92 Å². The monoisotopic (exact) mass is 270 g/mol. The molecule has 0 aromatic heterocycles. The second-order valence-electron chi connectivity index (χ2n) is 3.88. The fourth-order valence-corrected chi connectivity index (χ4v) is 2.40. The molecule has 0 radical (unpaired) electrons. The fraction of sp³-hybridized carbons (Fsp3) is 0.250. The van der Waals surface area contributed by atoms with Gasteiger partial charge in [-0.25, -0.2) is 4.57 Å². The largest absolute Gasteiger partial charge is 0.424 e. The summed E-state index contributed by atoms with van der Waals surface area (Å²) in [6, 6.07) is 8.04. The second kappa shape index (κ2) is 5.96. The van der Waals surface area contributed by atoms with Crippen molar-refractivity contribution >= 4 is 13.4 Å². The van der Waals surface area contributed by atoms with Crippen molar-refractivity contribution in [3.05, 3.63) is 42.5 Å². The number of rotatable bonds is 6. The minimum Gasteiger partial charge on any atom is -0.424 e. The van der Waals surface area contributed by atoms with Gasteiger partial charge in [0.15, 0.2) is 5.78 Å². The minimum absolute atomic E-state index is 0.127. The van der Waals surface area contributed by atoms with Crippen LogP contribution >= 0.6 is 7.60 Å². The van der Waals surface area contributed by atoms with Gasteiger partial charge in [0.05, 0.1) is 6.16 Å². The van der Waals surface area contributed by atoms with Gasteiger partial charge in [0.2, 0.25) is 0 Å². The van der Waals surface area contributed by atoms with Crippen LogP contribution < -0.4 is 4.52 Å². The Labute approximate surface area is 105 Å². The summed E-state index contributed by atoms with van der Waals surface area (Å²) in [5.74, 6) is -0.459. The number of aliphatic hydroxyl groups excluding tert-OH is 1. The summed E-state index contributed by atoms with van der Waals surface area (Å²) >= 11 is 0. The number of carbonyl (C=O) groups excluding carboxylic acids is 1. The van der Waals surface area contributed by atoms with Crippen LogP contribution in [-0.4, -0.2) is 28.0 Å². The Morgan fingerprint density at radius 3 is 2.50 bits per heavy atom. The zero-order chi connectivity index (χ0) is 13.8. The number of hydrogen-bond acceptors (Lipinski definition) is 4. The first kappa shape index (κ1) is 14.6. The third-order valence-electron chi connectivity index (χ3n) is 2.12. The van der Waals surface area contributed by atoms with Gasteiger partial charge in [0.1, 0.15) is 11.9 Å². The molecule has 98 valence electrons. The lowest BCUT2D eigenvalue weighted by molar-refractivity contribution is -0.122. The van der Waals surface area contributed by atoms with Gasteiger partial charge >= 0.3 is 7.60 Å². The molecule has 2 atom stereocenters. The Hall–Kier alpha value is -1.42. The Morgan fingerprint density at radius 2 is 2.00 bits per heavy atom. The van der Waals surface area contributed by atoms with Crippen LogP contribution in [0, 0.1) is 0 Å². The van der Waals surface area contributed by atoms with Gasteiger partial charge in [0, 0.05) is 0 Å². The lowest BCUT2D eigenvalue weighted by Gasteiger charge is -2.16. The summed E-state index contributed by atoms with van der Waals surface area (Å²) in [5.41, 5.74) is 0.127. The number of Topliss-reactive ketones (excluding diaryl/α,β-unsaturated/α-hetero) is 1. The average Bonchev–Trinajstić information content (AvgIpc) is 2.27. The van der Waals surface area contributed by atoms with Crippen LogP contribution in [0.4, 0.5) is 0 Å². The van der Waals surface area contributed by atoms with Crippen molar-refractivity contribution < 1.29 is 23.9 Å². The fourth-order valence-electron chi connectivity index (χ4n) is 1.27. The first-order valence-corrected chi connectivity index (χ1v) is 7.02. The molecule has 18 heavy (non-hydrogen) atoms. The van der Waals surface area contributed by atoms with Crippen molar-refractivity contribution in [1.82, 2.24) is 0 Å². The maximum Gasteiger partial charge on any atom is 0.379 e. The van der Waals surface area contributed by atoms with E-state index >= 15 is 0 Å². The maximum atomic E-state index is 11.7. The number of carbonyl (C=O) groups is 1. The van der Waals surface area contributed by atoms with E-state index in [1.807, 2.05) is 0 Å². The molecule has 0 saturated carbocycles. The molecule has 0 fully saturated rings. The zero-order valence-electron chi connectivity index (χ0n) is 9.94. The molecule has 1 aromatic carbocycles.